The number of H-pyrrole nitrogens is 1. The van der Waals surface area contributed by atoms with Gasteiger partial charge in [0.1, 0.15) is 12.4 Å². The minimum absolute atomic E-state index is 0. The average Bonchev–Trinajstić information content (AvgIpc) is 2.34. The molecule has 1 rings (SSSR count). The molecule has 1 aromatic heterocycles. The van der Waals surface area contributed by atoms with Crippen LogP contribution in [0.15, 0.2) is 18.7 Å². The second kappa shape index (κ2) is 5.47. The molecular weight excluding hydrogens is 192 g/mol. The predicted octanol–water partition coefficient (Wildman–Crippen LogP) is -1.89. The van der Waals surface area contributed by atoms with Gasteiger partial charge >= 0.3 is 0 Å². The summed E-state index contributed by atoms with van der Waals surface area (Å²) in [5.41, 5.74) is 0. The number of rotatable bonds is 3. The monoisotopic (exact) mass is 204 g/mol. The van der Waals surface area contributed by atoms with Crippen LogP contribution in [0.3, 0.4) is 0 Å². The number of halogens is 1. The second-order valence-corrected chi connectivity index (χ2v) is 2.20. The lowest BCUT2D eigenvalue weighted by molar-refractivity contribution is -0.696. The number of hydrogen-bond acceptors (Lipinski definition) is 0. The summed E-state index contributed by atoms with van der Waals surface area (Å²) < 4.78 is 2.16. The third kappa shape index (κ3) is 3.01. The SMILES string of the molecule is CCCC[n+]1cc[nH]c1.[Br-]. The first-order chi connectivity index (χ1) is 4.43. The van der Waals surface area contributed by atoms with Crippen molar-refractivity contribution in [1.29, 1.82) is 0 Å². The molecular formula is C7H13BrN2. The summed E-state index contributed by atoms with van der Waals surface area (Å²) in [6.07, 6.45) is 8.50. The van der Waals surface area contributed by atoms with Gasteiger partial charge in [-0.2, -0.15) is 0 Å². The lowest BCUT2D eigenvalue weighted by atomic mass is 10.3. The van der Waals surface area contributed by atoms with E-state index < -0.39 is 0 Å². The molecule has 0 amide bonds. The Kier molecular flexibility index (Phi) is 5.30. The van der Waals surface area contributed by atoms with Crippen LogP contribution in [0.4, 0.5) is 0 Å². The Morgan fingerprint density at radius 3 is 2.80 bits per heavy atom. The quantitative estimate of drug-likeness (QED) is 0.556. The van der Waals surface area contributed by atoms with Gasteiger partial charge in [-0.3, -0.25) is 4.98 Å². The highest BCUT2D eigenvalue weighted by molar-refractivity contribution is 4.55. The molecule has 10 heavy (non-hydrogen) atoms. The number of aromatic nitrogens is 2. The van der Waals surface area contributed by atoms with Gasteiger partial charge in [0, 0.05) is 0 Å². The largest absolute Gasteiger partial charge is 1.00 e. The molecule has 0 unspecified atom stereocenters. The fraction of sp³-hybridized carbons (Fsp3) is 0.571. The van der Waals surface area contributed by atoms with Crippen LogP contribution in [0, 0.1) is 0 Å². The molecule has 0 atom stereocenters. The van der Waals surface area contributed by atoms with Crippen LogP contribution >= 0.6 is 0 Å². The maximum Gasteiger partial charge on any atom is 0.241 e. The highest BCUT2D eigenvalue weighted by Gasteiger charge is 1.92. The van der Waals surface area contributed by atoms with Crippen LogP contribution < -0.4 is 21.5 Å². The van der Waals surface area contributed by atoms with Crippen molar-refractivity contribution >= 4 is 0 Å². The van der Waals surface area contributed by atoms with Crippen molar-refractivity contribution in [3.05, 3.63) is 18.7 Å². The van der Waals surface area contributed by atoms with E-state index in [0.29, 0.717) is 0 Å². The Labute approximate surface area is 72.0 Å². The summed E-state index contributed by atoms with van der Waals surface area (Å²) in [6.45, 7) is 3.34. The highest BCUT2D eigenvalue weighted by atomic mass is 79.9. The zero-order valence-electron chi connectivity index (χ0n) is 6.18. The number of aromatic amines is 1. The summed E-state index contributed by atoms with van der Waals surface area (Å²) in [7, 11) is 0. The molecule has 0 saturated carbocycles. The number of imidazole rings is 1. The fourth-order valence-electron chi connectivity index (χ4n) is 0.800. The summed E-state index contributed by atoms with van der Waals surface area (Å²) in [5.74, 6) is 0. The molecule has 0 spiro atoms. The first kappa shape index (κ1) is 9.69. The molecule has 0 aliphatic rings. The van der Waals surface area contributed by atoms with Gasteiger partial charge in [0.2, 0.25) is 6.33 Å². The van der Waals surface area contributed by atoms with Crippen molar-refractivity contribution in [3.63, 3.8) is 0 Å². The second-order valence-electron chi connectivity index (χ2n) is 2.20. The lowest BCUT2D eigenvalue weighted by Crippen LogP contribution is -3.00. The molecule has 0 saturated heterocycles. The van der Waals surface area contributed by atoms with Crippen LogP contribution in [0.5, 0.6) is 0 Å². The van der Waals surface area contributed by atoms with Gasteiger partial charge in [0.15, 0.2) is 0 Å². The first-order valence-corrected chi connectivity index (χ1v) is 3.45. The number of unbranched alkanes of at least 4 members (excludes halogenated alkanes) is 1. The van der Waals surface area contributed by atoms with E-state index in [4.69, 9.17) is 0 Å². The number of nitrogens with one attached hydrogen (secondary N) is 1. The highest BCUT2D eigenvalue weighted by Crippen LogP contribution is 1.84. The summed E-state index contributed by atoms with van der Waals surface area (Å²) >= 11 is 0. The minimum atomic E-state index is 0. The van der Waals surface area contributed by atoms with E-state index in [-0.39, 0.29) is 17.0 Å². The lowest BCUT2D eigenvalue weighted by Gasteiger charge is -1.89. The number of aryl methyl sites for hydroxylation is 1. The maximum absolute atomic E-state index is 3.00. The van der Waals surface area contributed by atoms with Crippen LogP contribution in [-0.2, 0) is 6.54 Å². The zero-order valence-corrected chi connectivity index (χ0v) is 7.76. The van der Waals surface area contributed by atoms with E-state index in [2.05, 4.69) is 22.7 Å². The van der Waals surface area contributed by atoms with Gasteiger partial charge in [-0.1, -0.05) is 13.3 Å². The van der Waals surface area contributed by atoms with Gasteiger partial charge in [-0.05, 0) is 6.42 Å². The van der Waals surface area contributed by atoms with E-state index in [0.717, 1.165) is 6.54 Å². The van der Waals surface area contributed by atoms with E-state index in [9.17, 15) is 0 Å². The van der Waals surface area contributed by atoms with Crippen molar-refractivity contribution in [1.82, 2.24) is 4.98 Å². The van der Waals surface area contributed by atoms with Gasteiger partial charge < -0.3 is 17.0 Å². The Bertz CT molecular complexity index is 149. The molecule has 2 nitrogen and oxygen atoms in total. The van der Waals surface area contributed by atoms with E-state index in [1.165, 1.54) is 12.8 Å². The molecule has 0 bridgehead atoms. The van der Waals surface area contributed by atoms with Gasteiger partial charge in [-0.25, -0.2) is 4.57 Å². The molecule has 1 aromatic rings. The summed E-state index contributed by atoms with van der Waals surface area (Å²) in [5, 5.41) is 0. The molecule has 58 valence electrons. The Hall–Kier alpha value is -0.310. The van der Waals surface area contributed by atoms with E-state index >= 15 is 0 Å². The minimum Gasteiger partial charge on any atom is -1.00 e. The van der Waals surface area contributed by atoms with Gasteiger partial charge in [0.05, 0.1) is 6.54 Å². The summed E-state index contributed by atoms with van der Waals surface area (Å²) in [4.78, 5) is 3.00. The van der Waals surface area contributed by atoms with Crippen molar-refractivity contribution in [2.45, 2.75) is 26.3 Å². The molecule has 1 N–H and O–H groups in total. The number of hydrogen-bond donors (Lipinski definition) is 1. The predicted molar refractivity (Wildman–Crippen MR) is 35.9 cm³/mol. The van der Waals surface area contributed by atoms with Crippen molar-refractivity contribution in [3.8, 4) is 0 Å². The van der Waals surface area contributed by atoms with Crippen molar-refractivity contribution < 1.29 is 21.5 Å². The smallest absolute Gasteiger partial charge is 0.241 e. The third-order valence-electron chi connectivity index (χ3n) is 1.37. The number of nitrogens with zero attached hydrogens (tertiary/aromatic N) is 1. The molecule has 0 aliphatic heterocycles. The zero-order chi connectivity index (χ0) is 6.53. The van der Waals surface area contributed by atoms with Gasteiger partial charge in [0.25, 0.3) is 0 Å². The molecule has 3 heteroatoms. The Morgan fingerprint density at radius 1 is 1.50 bits per heavy atom. The van der Waals surface area contributed by atoms with Crippen molar-refractivity contribution in [2.24, 2.45) is 0 Å². The topological polar surface area (TPSA) is 19.7 Å². The average molecular weight is 205 g/mol. The van der Waals surface area contributed by atoms with E-state index in [1.54, 1.807) is 0 Å². The van der Waals surface area contributed by atoms with Crippen LogP contribution in [0.1, 0.15) is 19.8 Å². The molecule has 0 aliphatic carbocycles. The third-order valence-corrected chi connectivity index (χ3v) is 1.37. The molecule has 0 radical (unpaired) electrons. The van der Waals surface area contributed by atoms with Crippen LogP contribution in [0.25, 0.3) is 0 Å². The van der Waals surface area contributed by atoms with Crippen molar-refractivity contribution in [2.75, 3.05) is 0 Å². The first-order valence-electron chi connectivity index (χ1n) is 3.45. The summed E-state index contributed by atoms with van der Waals surface area (Å²) in [6, 6.07) is 0. The Morgan fingerprint density at radius 2 is 2.30 bits per heavy atom. The molecule has 0 fully saturated rings. The molecule has 0 aromatic carbocycles. The standard InChI is InChI=1S/C7H12N2.BrH/c1-2-3-5-9-6-4-8-7-9;/h4,6-7H,2-3,5H2,1H3;1H. The van der Waals surface area contributed by atoms with Gasteiger partial charge in [-0.15, -0.1) is 0 Å². The molecule has 1 heterocycles. The normalized spacial score (nSPS) is 8.90. The Balaban J connectivity index is 0.000000810. The van der Waals surface area contributed by atoms with Crippen LogP contribution in [-0.4, -0.2) is 4.98 Å². The maximum atomic E-state index is 3.00. The van der Waals surface area contributed by atoms with E-state index in [1.807, 2.05) is 12.5 Å². The van der Waals surface area contributed by atoms with Crippen LogP contribution in [0.2, 0.25) is 0 Å². The fourth-order valence-corrected chi connectivity index (χ4v) is 0.800.